The first-order chi connectivity index (χ1) is 12.7. The number of hydrogen-bond acceptors (Lipinski definition) is 5. The van der Waals surface area contributed by atoms with Gasteiger partial charge in [-0.3, -0.25) is 9.59 Å². The van der Waals surface area contributed by atoms with E-state index < -0.39 is 21.7 Å². The number of benzene rings is 1. The lowest BCUT2D eigenvalue weighted by Crippen LogP contribution is -2.37. The molecule has 1 aromatic rings. The Morgan fingerprint density at radius 3 is 2.63 bits per heavy atom. The number of carbonyl (C=O) groups excluding carboxylic acids is 1. The summed E-state index contributed by atoms with van der Waals surface area (Å²) in [6, 6.07) is 4.57. The Balaban J connectivity index is 1.88. The van der Waals surface area contributed by atoms with Crippen molar-refractivity contribution in [2.24, 2.45) is 4.99 Å². The molecular weight excluding hydrogens is 435 g/mol. The Bertz CT molecular complexity index is 919. The Labute approximate surface area is 170 Å². The number of amides is 1. The summed E-state index contributed by atoms with van der Waals surface area (Å²) in [7, 11) is -3.17. The van der Waals surface area contributed by atoms with E-state index in [9.17, 15) is 18.0 Å². The Morgan fingerprint density at radius 2 is 1.96 bits per heavy atom. The van der Waals surface area contributed by atoms with Crippen molar-refractivity contribution in [2.45, 2.75) is 30.6 Å². The topological polar surface area (TPSA) is 104 Å². The van der Waals surface area contributed by atoms with Crippen LogP contribution in [0.2, 0.25) is 10.0 Å². The Morgan fingerprint density at radius 1 is 1.22 bits per heavy atom. The second-order valence-electron chi connectivity index (χ2n) is 6.30. The van der Waals surface area contributed by atoms with Gasteiger partial charge in [0.05, 0.1) is 27.6 Å². The molecule has 11 heteroatoms. The van der Waals surface area contributed by atoms with Crippen molar-refractivity contribution in [1.29, 1.82) is 0 Å². The Kier molecular flexibility index (Phi) is 6.05. The number of sulfone groups is 1. The number of nitrogens with zero attached hydrogens (tertiary/aromatic N) is 2. The van der Waals surface area contributed by atoms with Crippen molar-refractivity contribution >= 4 is 67.5 Å². The highest BCUT2D eigenvalue weighted by atomic mass is 35.5. The van der Waals surface area contributed by atoms with Crippen LogP contribution < -0.4 is 4.90 Å². The first-order valence-corrected chi connectivity index (χ1v) is 11.6. The molecular formula is C16H16Cl2N2O5S2. The highest BCUT2D eigenvalue weighted by Gasteiger charge is 2.49. The minimum absolute atomic E-state index is 0.0131. The van der Waals surface area contributed by atoms with Crippen LogP contribution in [0.3, 0.4) is 0 Å². The normalized spacial score (nSPS) is 25.0. The number of halogens is 2. The molecule has 2 saturated heterocycles. The molecule has 3 rings (SSSR count). The number of rotatable bonds is 5. The van der Waals surface area contributed by atoms with E-state index in [0.717, 1.165) is 0 Å². The fourth-order valence-electron chi connectivity index (χ4n) is 3.05. The number of carboxylic acids is 1. The minimum Gasteiger partial charge on any atom is -0.481 e. The molecule has 2 heterocycles. The third-order valence-electron chi connectivity index (χ3n) is 4.25. The van der Waals surface area contributed by atoms with Crippen LogP contribution in [0.1, 0.15) is 19.3 Å². The summed E-state index contributed by atoms with van der Waals surface area (Å²) < 4.78 is 24.1. The number of fused-ring (bicyclic) bond motifs is 1. The van der Waals surface area contributed by atoms with Crippen molar-refractivity contribution in [3.63, 3.8) is 0 Å². The van der Waals surface area contributed by atoms with Gasteiger partial charge in [0.2, 0.25) is 5.91 Å². The third kappa shape index (κ3) is 4.77. The highest BCUT2D eigenvalue weighted by molar-refractivity contribution is 8.16. The zero-order valence-electron chi connectivity index (χ0n) is 14.0. The van der Waals surface area contributed by atoms with Gasteiger partial charge in [-0.15, -0.1) is 0 Å². The van der Waals surface area contributed by atoms with Crippen LogP contribution in [-0.2, 0) is 19.4 Å². The molecule has 2 atom stereocenters. The van der Waals surface area contributed by atoms with Crippen LogP contribution in [0, 0.1) is 0 Å². The first kappa shape index (κ1) is 20.4. The highest BCUT2D eigenvalue weighted by Crippen LogP contribution is 2.42. The maximum atomic E-state index is 12.1. The molecule has 27 heavy (non-hydrogen) atoms. The fraction of sp³-hybridized carbons (Fsp3) is 0.438. The van der Waals surface area contributed by atoms with Gasteiger partial charge in [-0.2, -0.15) is 4.99 Å². The lowest BCUT2D eigenvalue weighted by molar-refractivity contribution is -0.137. The van der Waals surface area contributed by atoms with Crippen molar-refractivity contribution in [3.05, 3.63) is 28.2 Å². The standard InChI is InChI=1S/C16H16Cl2N2O5S2/c17-10-5-4-9(6-11(10)18)20-12-7-27(24,25)8-13(12)26-16(20)19-14(21)2-1-3-15(22)23/h4-6,12-13H,1-3,7-8H2,(H,22,23). The minimum atomic E-state index is -3.17. The van der Waals surface area contributed by atoms with Crippen LogP contribution in [0.25, 0.3) is 0 Å². The van der Waals surface area contributed by atoms with Gasteiger partial charge in [0.15, 0.2) is 15.0 Å². The van der Waals surface area contributed by atoms with Gasteiger partial charge in [0.1, 0.15) is 0 Å². The Hall–Kier alpha value is -1.29. The average molecular weight is 451 g/mol. The molecule has 0 aromatic heterocycles. The number of carboxylic acid groups (broad SMARTS) is 1. The lowest BCUT2D eigenvalue weighted by Gasteiger charge is -2.24. The van der Waals surface area contributed by atoms with Gasteiger partial charge in [0.25, 0.3) is 0 Å². The first-order valence-electron chi connectivity index (χ1n) is 8.11. The number of carbonyl (C=O) groups is 2. The van der Waals surface area contributed by atoms with E-state index in [1.165, 1.54) is 11.8 Å². The monoisotopic (exact) mass is 450 g/mol. The SMILES string of the molecule is O=C(O)CCCC(=O)N=C1SC2CS(=O)(=O)CC2N1c1ccc(Cl)c(Cl)c1. The molecule has 146 valence electrons. The van der Waals surface area contributed by atoms with Crippen LogP contribution in [0.15, 0.2) is 23.2 Å². The summed E-state index contributed by atoms with van der Waals surface area (Å²) in [6.45, 7) is 0. The van der Waals surface area contributed by atoms with Crippen molar-refractivity contribution < 1.29 is 23.1 Å². The van der Waals surface area contributed by atoms with Gasteiger partial charge in [-0.05, 0) is 24.6 Å². The summed E-state index contributed by atoms with van der Waals surface area (Å²) in [5.74, 6) is -1.42. The van der Waals surface area contributed by atoms with Crippen LogP contribution in [0.4, 0.5) is 5.69 Å². The molecule has 0 spiro atoms. The predicted octanol–water partition coefficient (Wildman–Crippen LogP) is 2.85. The molecule has 1 N–H and O–H groups in total. The molecule has 0 bridgehead atoms. The number of hydrogen-bond donors (Lipinski definition) is 1. The molecule has 2 fully saturated rings. The maximum absolute atomic E-state index is 12.1. The molecule has 2 unspecified atom stereocenters. The molecule has 0 radical (unpaired) electrons. The van der Waals surface area contributed by atoms with E-state index in [0.29, 0.717) is 20.9 Å². The fourth-order valence-corrected chi connectivity index (χ4v) is 7.28. The molecule has 7 nitrogen and oxygen atoms in total. The summed E-state index contributed by atoms with van der Waals surface area (Å²) in [6.07, 6.45) is 0.104. The van der Waals surface area contributed by atoms with Crippen LogP contribution >= 0.6 is 35.0 Å². The second-order valence-corrected chi connectivity index (χ2v) is 10.5. The summed E-state index contributed by atoms with van der Waals surface area (Å²) >= 11 is 13.3. The molecule has 0 saturated carbocycles. The van der Waals surface area contributed by atoms with Crippen molar-refractivity contribution in [2.75, 3.05) is 16.4 Å². The van der Waals surface area contributed by atoms with Crippen molar-refractivity contribution in [1.82, 2.24) is 0 Å². The van der Waals surface area contributed by atoms with Crippen LogP contribution in [-0.4, -0.2) is 53.4 Å². The summed E-state index contributed by atoms with van der Waals surface area (Å²) in [5.41, 5.74) is 0.610. The summed E-state index contributed by atoms with van der Waals surface area (Å²) in [5, 5.41) is 9.52. The largest absolute Gasteiger partial charge is 0.481 e. The third-order valence-corrected chi connectivity index (χ3v) is 8.20. The number of anilines is 1. The molecule has 1 aromatic carbocycles. The maximum Gasteiger partial charge on any atom is 0.303 e. The molecule has 0 aliphatic carbocycles. The average Bonchev–Trinajstić information content (AvgIpc) is 3.00. The van der Waals surface area contributed by atoms with E-state index in [4.69, 9.17) is 28.3 Å². The molecule has 2 aliphatic rings. The predicted molar refractivity (Wildman–Crippen MR) is 107 cm³/mol. The van der Waals surface area contributed by atoms with Crippen molar-refractivity contribution in [3.8, 4) is 0 Å². The van der Waals surface area contributed by atoms with E-state index >= 15 is 0 Å². The van der Waals surface area contributed by atoms with E-state index in [1.807, 2.05) is 0 Å². The molecule has 2 aliphatic heterocycles. The van der Waals surface area contributed by atoms with Gasteiger partial charge >= 0.3 is 5.97 Å². The quantitative estimate of drug-likeness (QED) is 0.734. The van der Waals surface area contributed by atoms with Gasteiger partial charge in [-0.1, -0.05) is 35.0 Å². The van der Waals surface area contributed by atoms with E-state index in [1.54, 1.807) is 23.1 Å². The zero-order valence-corrected chi connectivity index (χ0v) is 17.1. The zero-order chi connectivity index (χ0) is 19.8. The lowest BCUT2D eigenvalue weighted by atomic mass is 10.2. The smallest absolute Gasteiger partial charge is 0.303 e. The number of aliphatic carboxylic acids is 1. The number of thioether (sulfide) groups is 1. The van der Waals surface area contributed by atoms with Gasteiger partial charge in [0, 0.05) is 23.8 Å². The second kappa shape index (κ2) is 7.98. The van der Waals surface area contributed by atoms with E-state index in [-0.39, 0.29) is 42.1 Å². The van der Waals surface area contributed by atoms with Gasteiger partial charge in [-0.25, -0.2) is 8.42 Å². The number of amidine groups is 1. The number of aliphatic imine (C=N–C) groups is 1. The molecule has 1 amide bonds. The van der Waals surface area contributed by atoms with Gasteiger partial charge < -0.3 is 10.0 Å². The van der Waals surface area contributed by atoms with E-state index in [2.05, 4.69) is 4.99 Å². The summed E-state index contributed by atoms with van der Waals surface area (Å²) in [4.78, 5) is 28.6. The van der Waals surface area contributed by atoms with Crippen LogP contribution in [0.5, 0.6) is 0 Å².